The Hall–Kier alpha value is -2.35. The van der Waals surface area contributed by atoms with Gasteiger partial charge >= 0.3 is 0 Å². The third-order valence-corrected chi connectivity index (χ3v) is 4.53. The second-order valence-electron chi connectivity index (χ2n) is 5.54. The summed E-state index contributed by atoms with van der Waals surface area (Å²) in [5.41, 5.74) is 11.5. The number of carbonyl (C=O) groups excluding carboxylic acids is 1. The number of primary amides is 1. The van der Waals surface area contributed by atoms with E-state index in [1.54, 1.807) is 0 Å². The van der Waals surface area contributed by atoms with Crippen LogP contribution in [0.5, 0.6) is 0 Å². The zero-order chi connectivity index (χ0) is 17.2. The Morgan fingerprint density at radius 2 is 1.91 bits per heavy atom. The Balaban J connectivity index is 2.43. The van der Waals surface area contributed by atoms with Gasteiger partial charge in [0.2, 0.25) is 5.91 Å². The van der Waals surface area contributed by atoms with Gasteiger partial charge in [-0.1, -0.05) is 18.5 Å². The van der Waals surface area contributed by atoms with Gasteiger partial charge in [0, 0.05) is 13.1 Å². The molecule has 0 aromatic carbocycles. The Morgan fingerprint density at radius 1 is 1.35 bits per heavy atom. The lowest BCUT2D eigenvalue weighted by molar-refractivity contribution is -0.123. The van der Waals surface area contributed by atoms with E-state index in [-0.39, 0.29) is 10.7 Å². The summed E-state index contributed by atoms with van der Waals surface area (Å²) in [7, 11) is 0. The summed E-state index contributed by atoms with van der Waals surface area (Å²) in [6, 6.07) is 4.12. The number of aromatic nitrogens is 1. The highest BCUT2D eigenvalue weighted by atomic mass is 35.5. The van der Waals surface area contributed by atoms with Gasteiger partial charge in [-0.2, -0.15) is 10.5 Å². The van der Waals surface area contributed by atoms with Gasteiger partial charge in [0.1, 0.15) is 23.1 Å². The van der Waals surface area contributed by atoms with Gasteiger partial charge in [0.05, 0.1) is 16.7 Å². The fourth-order valence-corrected chi connectivity index (χ4v) is 3.00. The van der Waals surface area contributed by atoms with Crippen molar-refractivity contribution in [1.29, 1.82) is 10.5 Å². The summed E-state index contributed by atoms with van der Waals surface area (Å²) >= 11 is 6.10. The zero-order valence-electron chi connectivity index (χ0n) is 12.8. The highest BCUT2D eigenvalue weighted by Gasteiger charge is 2.37. The number of nitriles is 2. The molecule has 4 N–H and O–H groups in total. The highest BCUT2D eigenvalue weighted by molar-refractivity contribution is 6.30. The highest BCUT2D eigenvalue weighted by Crippen LogP contribution is 2.32. The molecule has 0 saturated carbocycles. The van der Waals surface area contributed by atoms with Crippen LogP contribution in [-0.4, -0.2) is 29.5 Å². The van der Waals surface area contributed by atoms with E-state index in [2.05, 4.69) is 11.1 Å². The van der Waals surface area contributed by atoms with Crippen molar-refractivity contribution in [2.45, 2.75) is 31.7 Å². The molecule has 0 unspecified atom stereocenters. The van der Waals surface area contributed by atoms with Crippen LogP contribution in [0.2, 0.25) is 5.15 Å². The average Bonchev–Trinajstić information content (AvgIpc) is 2.54. The number of amides is 1. The second kappa shape index (κ2) is 6.41. The summed E-state index contributed by atoms with van der Waals surface area (Å²) < 4.78 is 0. The van der Waals surface area contributed by atoms with Gasteiger partial charge in [-0.25, -0.2) is 4.98 Å². The van der Waals surface area contributed by atoms with E-state index in [1.165, 1.54) is 0 Å². The Morgan fingerprint density at radius 3 is 2.35 bits per heavy atom. The van der Waals surface area contributed by atoms with Crippen LogP contribution in [0.15, 0.2) is 0 Å². The molecule has 0 atom stereocenters. The van der Waals surface area contributed by atoms with Crippen LogP contribution in [-0.2, 0) is 11.2 Å². The van der Waals surface area contributed by atoms with Crippen LogP contribution in [0.1, 0.15) is 36.5 Å². The first kappa shape index (κ1) is 17.0. The molecule has 1 aliphatic heterocycles. The van der Waals surface area contributed by atoms with Crippen molar-refractivity contribution in [2.75, 3.05) is 18.0 Å². The van der Waals surface area contributed by atoms with Crippen LogP contribution < -0.4 is 16.4 Å². The molecule has 1 aliphatic rings. The van der Waals surface area contributed by atoms with E-state index in [9.17, 15) is 15.3 Å². The minimum atomic E-state index is -1.03. The normalized spacial score (nSPS) is 16.5. The number of nitrogens with zero attached hydrogens (tertiary/aromatic N) is 4. The van der Waals surface area contributed by atoms with Crippen molar-refractivity contribution in [3.05, 3.63) is 21.8 Å². The standard InChI is InChI=1S/C15H17ClN6O/c1-2-9-10(7-17)12(16)21-13(11(9)8-18)22-5-3-15(20,4-6-22)14(19)23/h2-6,20H2,1H3,(H2,19,23). The van der Waals surface area contributed by atoms with Gasteiger partial charge in [-0.3, -0.25) is 4.79 Å². The Bertz CT molecular complexity index is 725. The number of anilines is 1. The summed E-state index contributed by atoms with van der Waals surface area (Å²) in [6.45, 7) is 2.73. The van der Waals surface area contributed by atoms with Gasteiger partial charge in [-0.05, 0) is 24.8 Å². The maximum atomic E-state index is 11.4. The van der Waals surface area contributed by atoms with Crippen molar-refractivity contribution in [1.82, 2.24) is 4.98 Å². The number of nitrogens with two attached hydrogens (primary N) is 2. The molecule has 1 aromatic rings. The summed E-state index contributed by atoms with van der Waals surface area (Å²) in [4.78, 5) is 17.5. The maximum absolute atomic E-state index is 11.4. The van der Waals surface area contributed by atoms with Crippen molar-refractivity contribution in [3.63, 3.8) is 0 Å². The SMILES string of the molecule is CCc1c(C#N)c(Cl)nc(N2CCC(N)(C(N)=O)CC2)c1C#N. The fraction of sp³-hybridized carbons (Fsp3) is 0.467. The molecule has 1 amide bonds. The number of hydrogen-bond donors (Lipinski definition) is 2. The molecular weight excluding hydrogens is 316 g/mol. The Labute approximate surface area is 139 Å². The molecule has 0 aliphatic carbocycles. The molecule has 23 heavy (non-hydrogen) atoms. The first-order chi connectivity index (χ1) is 10.9. The van der Waals surface area contributed by atoms with Crippen LogP contribution in [0, 0.1) is 22.7 Å². The molecule has 0 spiro atoms. The van der Waals surface area contributed by atoms with E-state index in [4.69, 9.17) is 23.1 Å². The molecule has 1 aromatic heterocycles. The summed E-state index contributed by atoms with van der Waals surface area (Å²) in [5.74, 6) is -0.0994. The summed E-state index contributed by atoms with van der Waals surface area (Å²) in [5, 5.41) is 18.8. The van der Waals surface area contributed by atoms with Gasteiger partial charge in [0.25, 0.3) is 0 Å². The molecule has 0 bridgehead atoms. The topological polar surface area (TPSA) is 133 Å². The van der Waals surface area contributed by atoms with Crippen LogP contribution in [0.4, 0.5) is 5.82 Å². The molecule has 2 rings (SSSR count). The number of pyridine rings is 1. The van der Waals surface area contributed by atoms with Gasteiger partial charge in [0.15, 0.2) is 0 Å². The number of hydrogen-bond acceptors (Lipinski definition) is 6. The van der Waals surface area contributed by atoms with E-state index in [0.717, 1.165) is 0 Å². The number of piperidine rings is 1. The molecule has 8 heteroatoms. The van der Waals surface area contributed by atoms with Gasteiger partial charge < -0.3 is 16.4 Å². The van der Waals surface area contributed by atoms with Crippen LogP contribution in [0.3, 0.4) is 0 Å². The third-order valence-electron chi connectivity index (χ3n) is 4.26. The molecule has 2 heterocycles. The zero-order valence-corrected chi connectivity index (χ0v) is 13.5. The first-order valence-electron chi connectivity index (χ1n) is 7.24. The number of carbonyl (C=O) groups is 1. The molecule has 1 saturated heterocycles. The lowest BCUT2D eigenvalue weighted by Crippen LogP contribution is -2.58. The third kappa shape index (κ3) is 2.94. The molecule has 120 valence electrons. The summed E-state index contributed by atoms with van der Waals surface area (Å²) in [6.07, 6.45) is 1.24. The predicted octanol–water partition coefficient (Wildman–Crippen LogP) is 0.824. The van der Waals surface area contributed by atoms with Gasteiger partial charge in [-0.15, -0.1) is 0 Å². The minimum absolute atomic E-state index is 0.0813. The van der Waals surface area contributed by atoms with E-state index < -0.39 is 11.4 Å². The molecule has 1 fully saturated rings. The number of halogens is 1. The maximum Gasteiger partial charge on any atom is 0.237 e. The van der Waals surface area contributed by atoms with E-state index in [1.807, 2.05) is 17.9 Å². The smallest absolute Gasteiger partial charge is 0.237 e. The molecular formula is C15H17ClN6O. The molecule has 7 nitrogen and oxygen atoms in total. The van der Waals surface area contributed by atoms with Crippen molar-refractivity contribution < 1.29 is 4.79 Å². The number of rotatable bonds is 3. The second-order valence-corrected chi connectivity index (χ2v) is 5.90. The van der Waals surface area contributed by atoms with E-state index in [0.29, 0.717) is 49.3 Å². The van der Waals surface area contributed by atoms with Crippen molar-refractivity contribution >= 4 is 23.3 Å². The lowest BCUT2D eigenvalue weighted by Gasteiger charge is -2.38. The largest absolute Gasteiger partial charge is 0.368 e. The van der Waals surface area contributed by atoms with E-state index >= 15 is 0 Å². The fourth-order valence-electron chi connectivity index (χ4n) is 2.77. The lowest BCUT2D eigenvalue weighted by atomic mass is 9.87. The van der Waals surface area contributed by atoms with Crippen LogP contribution in [0.25, 0.3) is 0 Å². The monoisotopic (exact) mass is 332 g/mol. The quantitative estimate of drug-likeness (QED) is 0.787. The Kier molecular flexibility index (Phi) is 4.74. The van der Waals surface area contributed by atoms with Crippen LogP contribution >= 0.6 is 11.6 Å². The average molecular weight is 333 g/mol. The first-order valence-corrected chi connectivity index (χ1v) is 7.62. The predicted molar refractivity (Wildman–Crippen MR) is 85.6 cm³/mol. The van der Waals surface area contributed by atoms with Crippen molar-refractivity contribution in [3.8, 4) is 12.1 Å². The molecule has 0 radical (unpaired) electrons. The van der Waals surface area contributed by atoms with Crippen molar-refractivity contribution in [2.24, 2.45) is 11.5 Å². The minimum Gasteiger partial charge on any atom is -0.368 e.